The van der Waals surface area contributed by atoms with Crippen molar-refractivity contribution in [3.63, 3.8) is 0 Å². The molecule has 6 heteroatoms. The van der Waals surface area contributed by atoms with Gasteiger partial charge in [-0.3, -0.25) is 0 Å². The lowest BCUT2D eigenvalue weighted by molar-refractivity contribution is -0.140. The van der Waals surface area contributed by atoms with Crippen LogP contribution in [0.15, 0.2) is 18.2 Å². The summed E-state index contributed by atoms with van der Waals surface area (Å²) in [6.07, 6.45) is -5.84. The van der Waals surface area contributed by atoms with E-state index in [1.807, 2.05) is 20.8 Å². The zero-order valence-electron chi connectivity index (χ0n) is 11.6. The molecule has 1 aromatic rings. The SMILES string of the molecule is CC(C)(C)[C@@H](N)C[C@H](O)c1ccc(F)c(C(F)(F)F)c1. The van der Waals surface area contributed by atoms with E-state index in [0.29, 0.717) is 12.1 Å². The summed E-state index contributed by atoms with van der Waals surface area (Å²) in [6, 6.07) is 2.10. The molecule has 1 rings (SSSR count). The van der Waals surface area contributed by atoms with Gasteiger partial charge in [0.25, 0.3) is 0 Å². The monoisotopic (exact) mass is 293 g/mol. The van der Waals surface area contributed by atoms with Crippen molar-refractivity contribution in [1.82, 2.24) is 0 Å². The van der Waals surface area contributed by atoms with Crippen LogP contribution in [-0.4, -0.2) is 11.1 Å². The molecular formula is C14H19F4NO. The maximum atomic E-state index is 13.2. The molecule has 0 unspecified atom stereocenters. The van der Waals surface area contributed by atoms with Crippen molar-refractivity contribution in [1.29, 1.82) is 0 Å². The van der Waals surface area contributed by atoms with Gasteiger partial charge in [0.2, 0.25) is 0 Å². The van der Waals surface area contributed by atoms with E-state index in [4.69, 9.17) is 5.73 Å². The van der Waals surface area contributed by atoms with E-state index in [1.54, 1.807) is 0 Å². The summed E-state index contributed by atoms with van der Waals surface area (Å²) in [7, 11) is 0. The lowest BCUT2D eigenvalue weighted by atomic mass is 9.83. The quantitative estimate of drug-likeness (QED) is 0.836. The Morgan fingerprint density at radius 1 is 1.20 bits per heavy atom. The summed E-state index contributed by atoms with van der Waals surface area (Å²) in [5.74, 6) is -1.35. The molecule has 0 spiro atoms. The minimum absolute atomic E-state index is 0.0124. The largest absolute Gasteiger partial charge is 0.419 e. The molecular weight excluding hydrogens is 274 g/mol. The molecule has 2 atom stereocenters. The Kier molecular flexibility index (Phi) is 4.82. The summed E-state index contributed by atoms with van der Waals surface area (Å²) in [5.41, 5.74) is 4.24. The van der Waals surface area contributed by atoms with Crippen molar-refractivity contribution in [3.8, 4) is 0 Å². The molecule has 0 fully saturated rings. The normalized spacial score (nSPS) is 16.1. The Morgan fingerprint density at radius 3 is 2.20 bits per heavy atom. The van der Waals surface area contributed by atoms with E-state index in [0.717, 1.165) is 6.07 Å². The van der Waals surface area contributed by atoms with Crippen molar-refractivity contribution in [2.45, 2.75) is 45.5 Å². The first-order valence-corrected chi connectivity index (χ1v) is 6.23. The van der Waals surface area contributed by atoms with Gasteiger partial charge in [-0.05, 0) is 29.5 Å². The summed E-state index contributed by atoms with van der Waals surface area (Å²) < 4.78 is 50.9. The van der Waals surface area contributed by atoms with Crippen LogP contribution in [-0.2, 0) is 6.18 Å². The first-order chi connectivity index (χ1) is 8.93. The minimum Gasteiger partial charge on any atom is -0.388 e. The molecule has 0 aromatic heterocycles. The minimum atomic E-state index is -4.79. The summed E-state index contributed by atoms with van der Waals surface area (Å²) in [5, 5.41) is 9.97. The van der Waals surface area contributed by atoms with E-state index in [2.05, 4.69) is 0 Å². The molecule has 0 aliphatic heterocycles. The third kappa shape index (κ3) is 4.18. The molecule has 1 aromatic carbocycles. The fourth-order valence-corrected chi connectivity index (χ4v) is 1.70. The van der Waals surface area contributed by atoms with E-state index in [1.165, 1.54) is 0 Å². The summed E-state index contributed by atoms with van der Waals surface area (Å²) in [4.78, 5) is 0. The van der Waals surface area contributed by atoms with E-state index < -0.39 is 29.7 Å². The van der Waals surface area contributed by atoms with Crippen LogP contribution in [0.3, 0.4) is 0 Å². The van der Waals surface area contributed by atoms with Crippen LogP contribution in [0, 0.1) is 11.2 Å². The Morgan fingerprint density at radius 2 is 1.75 bits per heavy atom. The highest BCUT2D eigenvalue weighted by Gasteiger charge is 2.35. The van der Waals surface area contributed by atoms with Crippen molar-refractivity contribution < 1.29 is 22.7 Å². The highest BCUT2D eigenvalue weighted by molar-refractivity contribution is 5.28. The van der Waals surface area contributed by atoms with Crippen molar-refractivity contribution >= 4 is 0 Å². The summed E-state index contributed by atoms with van der Waals surface area (Å²) >= 11 is 0. The van der Waals surface area contributed by atoms with Crippen molar-refractivity contribution in [2.75, 3.05) is 0 Å². The number of aliphatic hydroxyl groups is 1. The molecule has 0 aliphatic carbocycles. The number of alkyl halides is 3. The predicted octanol–water partition coefficient (Wildman–Crippen LogP) is 3.64. The molecule has 0 aliphatic rings. The molecule has 0 radical (unpaired) electrons. The zero-order valence-corrected chi connectivity index (χ0v) is 11.6. The number of aliphatic hydroxyl groups excluding tert-OH is 1. The summed E-state index contributed by atoms with van der Waals surface area (Å²) in [6.45, 7) is 5.61. The lowest BCUT2D eigenvalue weighted by Gasteiger charge is -2.29. The maximum absolute atomic E-state index is 13.2. The first kappa shape index (κ1) is 16.9. The Hall–Kier alpha value is -1.14. The van der Waals surface area contributed by atoms with Crippen LogP contribution < -0.4 is 5.73 Å². The first-order valence-electron chi connectivity index (χ1n) is 6.23. The lowest BCUT2D eigenvalue weighted by Crippen LogP contribution is -2.36. The van der Waals surface area contributed by atoms with Crippen LogP contribution in [0.5, 0.6) is 0 Å². The highest BCUT2D eigenvalue weighted by atomic mass is 19.4. The molecule has 0 heterocycles. The third-order valence-corrected chi connectivity index (χ3v) is 3.27. The molecule has 3 N–H and O–H groups in total. The van der Waals surface area contributed by atoms with Gasteiger partial charge < -0.3 is 10.8 Å². The van der Waals surface area contributed by atoms with Crippen molar-refractivity contribution in [3.05, 3.63) is 35.1 Å². The van der Waals surface area contributed by atoms with Crippen molar-refractivity contribution in [2.24, 2.45) is 11.1 Å². The molecule has 0 bridgehead atoms. The van der Waals surface area contributed by atoms with Gasteiger partial charge in [0.1, 0.15) is 5.82 Å². The second-order valence-corrected chi connectivity index (χ2v) is 5.96. The second kappa shape index (κ2) is 5.69. The number of rotatable bonds is 3. The fraction of sp³-hybridized carbons (Fsp3) is 0.571. The van der Waals surface area contributed by atoms with Crippen LogP contribution in [0.2, 0.25) is 0 Å². The van der Waals surface area contributed by atoms with Gasteiger partial charge in [0.15, 0.2) is 0 Å². The zero-order chi connectivity index (χ0) is 15.7. The van der Waals surface area contributed by atoms with Gasteiger partial charge in [-0.15, -0.1) is 0 Å². The van der Waals surface area contributed by atoms with Crippen LogP contribution in [0.4, 0.5) is 17.6 Å². The van der Waals surface area contributed by atoms with Gasteiger partial charge in [-0.25, -0.2) is 4.39 Å². The third-order valence-electron chi connectivity index (χ3n) is 3.27. The number of nitrogens with two attached hydrogens (primary N) is 1. The average Bonchev–Trinajstić information content (AvgIpc) is 2.26. The van der Waals surface area contributed by atoms with Crippen LogP contribution in [0.25, 0.3) is 0 Å². The molecule has 0 amide bonds. The van der Waals surface area contributed by atoms with Gasteiger partial charge in [0, 0.05) is 6.04 Å². The van der Waals surface area contributed by atoms with Gasteiger partial charge in [0.05, 0.1) is 11.7 Å². The van der Waals surface area contributed by atoms with E-state index in [9.17, 15) is 22.7 Å². The number of benzene rings is 1. The molecule has 0 saturated heterocycles. The van der Waals surface area contributed by atoms with Gasteiger partial charge in [-0.2, -0.15) is 13.2 Å². The molecule has 20 heavy (non-hydrogen) atoms. The topological polar surface area (TPSA) is 46.2 Å². The Balaban J connectivity index is 2.98. The standard InChI is InChI=1S/C14H19F4NO/c1-13(2,3)12(19)7-11(20)8-4-5-10(15)9(6-8)14(16,17)18/h4-6,11-12,20H,7,19H2,1-3H3/t11-,12-/m0/s1. The number of halogens is 4. The predicted molar refractivity (Wildman–Crippen MR) is 68.4 cm³/mol. The van der Waals surface area contributed by atoms with Crippen LogP contribution in [0.1, 0.15) is 44.4 Å². The fourth-order valence-electron chi connectivity index (χ4n) is 1.70. The number of hydrogen-bond acceptors (Lipinski definition) is 2. The Bertz CT molecular complexity index is 465. The average molecular weight is 293 g/mol. The second-order valence-electron chi connectivity index (χ2n) is 5.96. The molecule has 2 nitrogen and oxygen atoms in total. The Labute approximate surface area is 115 Å². The number of hydrogen-bond donors (Lipinski definition) is 2. The maximum Gasteiger partial charge on any atom is 0.419 e. The van der Waals surface area contributed by atoms with Gasteiger partial charge >= 0.3 is 6.18 Å². The highest BCUT2D eigenvalue weighted by Crippen LogP contribution is 2.34. The van der Waals surface area contributed by atoms with Gasteiger partial charge in [-0.1, -0.05) is 26.8 Å². The van der Waals surface area contributed by atoms with E-state index in [-0.39, 0.29) is 17.4 Å². The molecule has 114 valence electrons. The van der Waals surface area contributed by atoms with Crippen LogP contribution >= 0.6 is 0 Å². The molecule has 0 saturated carbocycles. The smallest absolute Gasteiger partial charge is 0.388 e. The van der Waals surface area contributed by atoms with E-state index >= 15 is 0 Å².